The lowest BCUT2D eigenvalue weighted by molar-refractivity contribution is -0.146. The van der Waals surface area contributed by atoms with Gasteiger partial charge in [0.25, 0.3) is 5.91 Å². The van der Waals surface area contributed by atoms with Crippen LogP contribution in [-0.2, 0) is 9.53 Å². The van der Waals surface area contributed by atoms with Gasteiger partial charge in [0.15, 0.2) is 6.10 Å². The molecule has 1 N–H and O–H groups in total. The number of aromatic nitrogens is 1. The van der Waals surface area contributed by atoms with Crippen molar-refractivity contribution in [3.05, 3.63) is 46.2 Å². The van der Waals surface area contributed by atoms with Gasteiger partial charge in [-0.15, -0.1) is 0 Å². The van der Waals surface area contributed by atoms with Crippen LogP contribution in [0, 0.1) is 0 Å². The number of carbonyl (C=O) groups is 2. The Morgan fingerprint density at radius 3 is 2.54 bits per heavy atom. The SMILES string of the molecule is C[C@@H]1CCC[C@H](C)N1C(=O)[C@@H](C)OC(=O)c1cc(=O)[nH]c2ccccc12. The van der Waals surface area contributed by atoms with Crippen LogP contribution in [0.4, 0.5) is 0 Å². The zero-order valence-corrected chi connectivity index (χ0v) is 15.3. The van der Waals surface area contributed by atoms with E-state index in [0.717, 1.165) is 19.3 Å². The van der Waals surface area contributed by atoms with Gasteiger partial charge in [-0.1, -0.05) is 18.2 Å². The Morgan fingerprint density at radius 2 is 1.85 bits per heavy atom. The van der Waals surface area contributed by atoms with Gasteiger partial charge in [0.1, 0.15) is 0 Å². The van der Waals surface area contributed by atoms with Crippen LogP contribution in [0.25, 0.3) is 10.9 Å². The van der Waals surface area contributed by atoms with Crippen molar-refractivity contribution in [3.63, 3.8) is 0 Å². The van der Waals surface area contributed by atoms with E-state index in [0.29, 0.717) is 10.9 Å². The zero-order valence-electron chi connectivity index (χ0n) is 15.3. The lowest BCUT2D eigenvalue weighted by Crippen LogP contribution is -2.51. The highest BCUT2D eigenvalue weighted by molar-refractivity contribution is 6.03. The first-order valence-electron chi connectivity index (χ1n) is 9.03. The van der Waals surface area contributed by atoms with E-state index >= 15 is 0 Å². The van der Waals surface area contributed by atoms with Gasteiger partial charge in [0.05, 0.1) is 5.56 Å². The molecule has 1 aromatic heterocycles. The highest BCUT2D eigenvalue weighted by atomic mass is 16.5. The standard InChI is InChI=1S/C20H24N2O4/c1-12-7-6-8-13(2)22(12)19(24)14(3)26-20(25)16-11-18(23)21-17-10-5-4-9-15(16)17/h4-5,9-14H,6-8H2,1-3H3,(H,21,23)/t12-,13+,14-/m1/s1. The van der Waals surface area contributed by atoms with E-state index in [1.165, 1.54) is 6.07 Å². The second-order valence-electron chi connectivity index (χ2n) is 7.01. The van der Waals surface area contributed by atoms with E-state index in [-0.39, 0.29) is 29.1 Å². The fourth-order valence-corrected chi connectivity index (χ4v) is 3.71. The first-order valence-corrected chi connectivity index (χ1v) is 9.03. The number of nitrogens with one attached hydrogen (secondary N) is 1. The number of nitrogens with zero attached hydrogens (tertiary/aromatic N) is 1. The number of likely N-dealkylation sites (tertiary alicyclic amines) is 1. The first kappa shape index (κ1) is 18.2. The maximum atomic E-state index is 12.8. The molecule has 1 aromatic carbocycles. The Hall–Kier alpha value is -2.63. The van der Waals surface area contributed by atoms with Crippen molar-refractivity contribution >= 4 is 22.8 Å². The van der Waals surface area contributed by atoms with Gasteiger partial charge in [-0.3, -0.25) is 9.59 Å². The van der Waals surface area contributed by atoms with Gasteiger partial charge < -0.3 is 14.6 Å². The van der Waals surface area contributed by atoms with Crippen molar-refractivity contribution in [1.29, 1.82) is 0 Å². The number of pyridine rings is 1. The first-order chi connectivity index (χ1) is 12.4. The summed E-state index contributed by atoms with van der Waals surface area (Å²) in [7, 11) is 0. The van der Waals surface area contributed by atoms with Crippen LogP contribution in [-0.4, -0.2) is 39.9 Å². The number of benzene rings is 1. The fourth-order valence-electron chi connectivity index (χ4n) is 3.71. The molecule has 1 saturated heterocycles. The summed E-state index contributed by atoms with van der Waals surface area (Å²) in [6.45, 7) is 5.63. The van der Waals surface area contributed by atoms with Gasteiger partial charge in [-0.05, 0) is 46.1 Å². The summed E-state index contributed by atoms with van der Waals surface area (Å²) in [5, 5.41) is 0.594. The Morgan fingerprint density at radius 1 is 1.19 bits per heavy atom. The third kappa shape index (κ3) is 3.49. The molecule has 1 aliphatic rings. The molecule has 138 valence electrons. The molecule has 0 saturated carbocycles. The zero-order chi connectivity index (χ0) is 18.8. The van der Waals surface area contributed by atoms with Gasteiger partial charge >= 0.3 is 5.97 Å². The van der Waals surface area contributed by atoms with E-state index in [9.17, 15) is 14.4 Å². The van der Waals surface area contributed by atoms with Crippen LogP contribution in [0.15, 0.2) is 35.1 Å². The molecule has 3 atom stereocenters. The van der Waals surface area contributed by atoms with Gasteiger partial charge in [0.2, 0.25) is 5.56 Å². The summed E-state index contributed by atoms with van der Waals surface area (Å²) in [4.78, 5) is 41.7. The largest absolute Gasteiger partial charge is 0.449 e. The highest BCUT2D eigenvalue weighted by Gasteiger charge is 2.33. The molecule has 6 nitrogen and oxygen atoms in total. The molecule has 3 rings (SSSR count). The number of para-hydroxylation sites is 1. The van der Waals surface area contributed by atoms with Gasteiger partial charge in [-0.25, -0.2) is 4.79 Å². The average molecular weight is 356 g/mol. The third-order valence-electron chi connectivity index (χ3n) is 5.05. The second kappa shape index (κ2) is 7.32. The van der Waals surface area contributed by atoms with E-state index in [1.807, 2.05) is 18.7 Å². The summed E-state index contributed by atoms with van der Waals surface area (Å²) in [6.07, 6.45) is 2.10. The quantitative estimate of drug-likeness (QED) is 0.858. The Labute approximate surface area is 152 Å². The van der Waals surface area contributed by atoms with Crippen molar-refractivity contribution in [2.75, 3.05) is 0 Å². The molecular formula is C20H24N2O4. The van der Waals surface area contributed by atoms with E-state index < -0.39 is 12.1 Å². The van der Waals surface area contributed by atoms with Crippen molar-refractivity contribution in [3.8, 4) is 0 Å². The fraction of sp³-hybridized carbons (Fsp3) is 0.450. The molecule has 0 spiro atoms. The summed E-state index contributed by atoms with van der Waals surface area (Å²) in [6, 6.07) is 8.50. The van der Waals surface area contributed by atoms with Crippen LogP contribution in [0.5, 0.6) is 0 Å². The topological polar surface area (TPSA) is 79.5 Å². The molecule has 26 heavy (non-hydrogen) atoms. The Bertz CT molecular complexity index is 879. The lowest BCUT2D eigenvalue weighted by Gasteiger charge is -2.40. The number of amides is 1. The van der Waals surface area contributed by atoms with E-state index in [2.05, 4.69) is 4.98 Å². The number of fused-ring (bicyclic) bond motifs is 1. The molecule has 6 heteroatoms. The maximum Gasteiger partial charge on any atom is 0.339 e. The summed E-state index contributed by atoms with van der Waals surface area (Å²) >= 11 is 0. The number of hydrogen-bond donors (Lipinski definition) is 1. The molecule has 0 radical (unpaired) electrons. The number of piperidine rings is 1. The van der Waals surface area contributed by atoms with Crippen molar-refractivity contribution in [2.24, 2.45) is 0 Å². The predicted molar refractivity (Wildman–Crippen MR) is 99.1 cm³/mol. The number of rotatable bonds is 3. The van der Waals surface area contributed by atoms with Crippen LogP contribution >= 0.6 is 0 Å². The molecule has 0 bridgehead atoms. The number of aromatic amines is 1. The maximum absolute atomic E-state index is 12.8. The summed E-state index contributed by atoms with van der Waals surface area (Å²) in [5.41, 5.74) is 0.348. The molecule has 1 aliphatic heterocycles. The van der Waals surface area contributed by atoms with Gasteiger partial charge in [-0.2, -0.15) is 0 Å². The lowest BCUT2D eigenvalue weighted by atomic mass is 9.97. The molecule has 1 amide bonds. The van der Waals surface area contributed by atoms with Crippen LogP contribution < -0.4 is 5.56 Å². The van der Waals surface area contributed by atoms with Crippen molar-refractivity contribution in [2.45, 2.75) is 58.2 Å². The van der Waals surface area contributed by atoms with Crippen LogP contribution in [0.1, 0.15) is 50.4 Å². The third-order valence-corrected chi connectivity index (χ3v) is 5.05. The minimum atomic E-state index is -0.899. The predicted octanol–water partition coefficient (Wildman–Crippen LogP) is 2.86. The highest BCUT2D eigenvalue weighted by Crippen LogP contribution is 2.24. The number of H-pyrrole nitrogens is 1. The summed E-state index contributed by atoms with van der Waals surface area (Å²) < 4.78 is 5.43. The molecule has 1 fully saturated rings. The molecule has 0 aliphatic carbocycles. The second-order valence-corrected chi connectivity index (χ2v) is 7.01. The molecule has 0 unspecified atom stereocenters. The molecular weight excluding hydrogens is 332 g/mol. The normalized spacial score (nSPS) is 21.4. The number of hydrogen-bond acceptors (Lipinski definition) is 4. The number of esters is 1. The monoisotopic (exact) mass is 356 g/mol. The van der Waals surface area contributed by atoms with E-state index in [4.69, 9.17) is 4.74 Å². The molecule has 2 aromatic rings. The minimum absolute atomic E-state index is 0.132. The van der Waals surface area contributed by atoms with Crippen molar-refractivity contribution < 1.29 is 14.3 Å². The smallest absolute Gasteiger partial charge is 0.339 e. The summed E-state index contributed by atoms with van der Waals surface area (Å²) in [5.74, 6) is -0.849. The van der Waals surface area contributed by atoms with E-state index in [1.54, 1.807) is 31.2 Å². The average Bonchev–Trinajstić information content (AvgIpc) is 2.60. The van der Waals surface area contributed by atoms with Gasteiger partial charge in [0, 0.05) is 29.1 Å². The Balaban J connectivity index is 1.82. The molecule has 2 heterocycles. The minimum Gasteiger partial charge on any atom is -0.449 e. The number of ether oxygens (including phenoxy) is 1. The Kier molecular flexibility index (Phi) is 5.11. The van der Waals surface area contributed by atoms with Crippen LogP contribution in [0.3, 0.4) is 0 Å². The van der Waals surface area contributed by atoms with Crippen LogP contribution in [0.2, 0.25) is 0 Å². The number of carbonyl (C=O) groups excluding carboxylic acids is 2. The van der Waals surface area contributed by atoms with Crippen molar-refractivity contribution in [1.82, 2.24) is 9.88 Å².